The third-order valence-corrected chi connectivity index (χ3v) is 6.19. The highest BCUT2D eigenvalue weighted by molar-refractivity contribution is 6.00. The van der Waals surface area contributed by atoms with Crippen molar-refractivity contribution in [2.75, 3.05) is 20.3 Å². The average Bonchev–Trinajstić information content (AvgIpc) is 2.88. The number of benzene rings is 1. The van der Waals surface area contributed by atoms with Crippen LogP contribution >= 0.6 is 0 Å². The van der Waals surface area contributed by atoms with Crippen LogP contribution in [0.5, 0.6) is 11.5 Å². The van der Waals surface area contributed by atoms with Crippen LogP contribution in [0.1, 0.15) is 55.1 Å². The Hall–Kier alpha value is -3.95. The second-order valence-electron chi connectivity index (χ2n) is 8.96. The average molecular weight is 513 g/mol. The largest absolute Gasteiger partial charge is 0.490 e. The fraction of sp³-hybridized carbons (Fsp3) is 0.407. The van der Waals surface area contributed by atoms with Gasteiger partial charge in [0, 0.05) is 18.2 Å². The molecular formula is C27H29FN2O7. The van der Waals surface area contributed by atoms with Crippen LogP contribution < -0.4 is 15.0 Å². The van der Waals surface area contributed by atoms with Crippen molar-refractivity contribution in [1.82, 2.24) is 9.55 Å². The maximum atomic E-state index is 13.8. The number of aromatic nitrogens is 2. The van der Waals surface area contributed by atoms with Gasteiger partial charge in [-0.3, -0.25) is 14.3 Å². The van der Waals surface area contributed by atoms with E-state index in [1.165, 1.54) is 30.7 Å². The fourth-order valence-electron chi connectivity index (χ4n) is 4.33. The van der Waals surface area contributed by atoms with Crippen molar-refractivity contribution < 1.29 is 32.9 Å². The summed E-state index contributed by atoms with van der Waals surface area (Å²) in [6, 6.07) is 5.95. The molecule has 0 bridgehead atoms. The zero-order valence-electron chi connectivity index (χ0n) is 21.3. The first kappa shape index (κ1) is 26.1. The lowest BCUT2D eigenvalue weighted by Crippen LogP contribution is -2.51. The number of rotatable bonds is 9. The molecule has 2 aromatic heterocycles. The Morgan fingerprint density at radius 2 is 1.95 bits per heavy atom. The molecule has 196 valence electrons. The van der Waals surface area contributed by atoms with Crippen molar-refractivity contribution >= 4 is 23.0 Å². The minimum Gasteiger partial charge on any atom is -0.490 e. The number of hydrogen-bond donors (Lipinski definition) is 0. The van der Waals surface area contributed by atoms with Gasteiger partial charge in [0.15, 0.2) is 17.1 Å². The smallest absolute Gasteiger partial charge is 0.351 e. The lowest BCUT2D eigenvalue weighted by molar-refractivity contribution is -0.159. The number of nitrogens with zero attached hydrogens (tertiary/aromatic N) is 2. The summed E-state index contributed by atoms with van der Waals surface area (Å²) >= 11 is 0. The number of carbonyl (C=O) groups excluding carboxylic acids is 2. The Labute approximate surface area is 213 Å². The molecule has 1 aliphatic rings. The Morgan fingerprint density at radius 3 is 2.59 bits per heavy atom. The van der Waals surface area contributed by atoms with Gasteiger partial charge in [-0.1, -0.05) is 25.5 Å². The van der Waals surface area contributed by atoms with Crippen molar-refractivity contribution in [2.45, 2.75) is 52.2 Å². The summed E-state index contributed by atoms with van der Waals surface area (Å²) in [5.41, 5.74) is -0.667. The molecule has 0 N–H and O–H groups in total. The van der Waals surface area contributed by atoms with Crippen LogP contribution in [0.4, 0.5) is 4.39 Å². The van der Waals surface area contributed by atoms with Gasteiger partial charge in [-0.05, 0) is 38.0 Å². The van der Waals surface area contributed by atoms with E-state index in [-0.39, 0.29) is 54.6 Å². The van der Waals surface area contributed by atoms with Gasteiger partial charge in [-0.15, -0.1) is 0 Å². The lowest BCUT2D eigenvalue weighted by atomic mass is 9.99. The van der Waals surface area contributed by atoms with Gasteiger partial charge in [-0.25, -0.2) is 14.0 Å². The summed E-state index contributed by atoms with van der Waals surface area (Å²) in [5, 5.41) is 0. The van der Waals surface area contributed by atoms with Crippen molar-refractivity contribution in [3.8, 4) is 11.5 Å². The maximum Gasteiger partial charge on any atom is 0.351 e. The van der Waals surface area contributed by atoms with Gasteiger partial charge >= 0.3 is 11.9 Å². The van der Waals surface area contributed by atoms with Crippen molar-refractivity contribution in [2.24, 2.45) is 0 Å². The second-order valence-corrected chi connectivity index (χ2v) is 8.96. The van der Waals surface area contributed by atoms with E-state index in [1.54, 1.807) is 25.3 Å². The number of ether oxygens (including phenoxy) is 4. The molecule has 0 saturated heterocycles. The highest BCUT2D eigenvalue weighted by Crippen LogP contribution is 2.41. The van der Waals surface area contributed by atoms with Gasteiger partial charge in [0.2, 0.25) is 5.60 Å². The summed E-state index contributed by atoms with van der Waals surface area (Å²) in [6.07, 6.45) is 3.36. The summed E-state index contributed by atoms with van der Waals surface area (Å²) in [7, 11) is 1.23. The summed E-state index contributed by atoms with van der Waals surface area (Å²) in [4.78, 5) is 44.0. The van der Waals surface area contributed by atoms with Crippen LogP contribution in [0.15, 0.2) is 35.3 Å². The molecule has 1 atom stereocenters. The number of pyridine rings is 2. The molecule has 0 amide bonds. The molecule has 3 aromatic rings. The fourth-order valence-corrected chi connectivity index (χ4v) is 4.33. The van der Waals surface area contributed by atoms with Crippen LogP contribution in [0.2, 0.25) is 0 Å². The number of hydrogen-bond acceptors (Lipinski definition) is 8. The van der Waals surface area contributed by atoms with Crippen LogP contribution in [0, 0.1) is 5.82 Å². The molecule has 10 heteroatoms. The van der Waals surface area contributed by atoms with E-state index in [1.807, 2.05) is 6.92 Å². The lowest BCUT2D eigenvalue weighted by Gasteiger charge is -2.35. The Balaban J connectivity index is 2.00. The third kappa shape index (κ3) is 4.87. The highest BCUT2D eigenvalue weighted by Gasteiger charge is 2.44. The monoisotopic (exact) mass is 512 g/mol. The second kappa shape index (κ2) is 10.6. The molecule has 3 heterocycles. The van der Waals surface area contributed by atoms with Gasteiger partial charge in [0.25, 0.3) is 5.56 Å². The Kier molecular flexibility index (Phi) is 7.47. The van der Waals surface area contributed by atoms with E-state index in [9.17, 15) is 18.8 Å². The van der Waals surface area contributed by atoms with Crippen LogP contribution in [-0.2, 0) is 27.2 Å². The molecule has 37 heavy (non-hydrogen) atoms. The van der Waals surface area contributed by atoms with Gasteiger partial charge in [0.1, 0.15) is 16.9 Å². The maximum absolute atomic E-state index is 13.8. The topological polar surface area (TPSA) is 106 Å². The molecule has 0 saturated carbocycles. The van der Waals surface area contributed by atoms with Gasteiger partial charge in [-0.2, -0.15) is 0 Å². The Morgan fingerprint density at radius 1 is 1.22 bits per heavy atom. The standard InChI is InChI=1S/C27H29FN2O7/c1-5-7-12-36-23-19(25(32)35-6-2)24(31)30-15-27(3,26(33)34-4)37-22-17(14-29-20(23)21(22)30)13-16-8-10-18(28)11-9-16/h8-11,14H,5-7,12-13,15H2,1-4H3/t27-/m0/s1. The van der Waals surface area contributed by atoms with Crippen molar-refractivity contribution in [1.29, 1.82) is 0 Å². The molecule has 9 nitrogen and oxygen atoms in total. The number of methoxy groups -OCH3 is 1. The van der Waals surface area contributed by atoms with Crippen LogP contribution in [0.3, 0.4) is 0 Å². The van der Waals surface area contributed by atoms with Crippen LogP contribution in [-0.4, -0.2) is 47.4 Å². The summed E-state index contributed by atoms with van der Waals surface area (Å²) < 4.78 is 37.1. The zero-order valence-corrected chi connectivity index (χ0v) is 21.3. The first-order chi connectivity index (χ1) is 17.7. The number of halogens is 1. The molecule has 4 rings (SSSR count). The number of esters is 2. The first-order valence-corrected chi connectivity index (χ1v) is 12.1. The minimum atomic E-state index is -1.56. The van der Waals surface area contributed by atoms with Crippen molar-refractivity contribution in [3.63, 3.8) is 0 Å². The Bertz CT molecular complexity index is 1400. The van der Waals surface area contributed by atoms with E-state index in [0.717, 1.165) is 12.0 Å². The molecule has 0 aliphatic carbocycles. The van der Waals surface area contributed by atoms with E-state index in [0.29, 0.717) is 17.5 Å². The van der Waals surface area contributed by atoms with E-state index >= 15 is 0 Å². The van der Waals surface area contributed by atoms with E-state index in [2.05, 4.69) is 4.98 Å². The first-order valence-electron chi connectivity index (χ1n) is 12.1. The van der Waals surface area contributed by atoms with Crippen molar-refractivity contribution in [3.05, 3.63) is 63.3 Å². The molecule has 1 aromatic carbocycles. The number of unbranched alkanes of at least 4 members (excludes halogenated alkanes) is 1. The van der Waals surface area contributed by atoms with Crippen LogP contribution in [0.25, 0.3) is 11.0 Å². The summed E-state index contributed by atoms with van der Waals surface area (Å²) in [5.74, 6) is -1.65. The van der Waals surface area contributed by atoms with E-state index in [4.69, 9.17) is 18.9 Å². The molecule has 1 aliphatic heterocycles. The SMILES string of the molecule is CCCCOc1c(C(=O)OCC)c(=O)n2c3c(c(Cc4ccc(F)cc4)cnc13)O[C@](C)(C(=O)OC)C2. The quantitative estimate of drug-likeness (QED) is 0.315. The summed E-state index contributed by atoms with van der Waals surface area (Å²) in [6.45, 7) is 5.24. The third-order valence-electron chi connectivity index (χ3n) is 6.19. The van der Waals surface area contributed by atoms with Gasteiger partial charge < -0.3 is 18.9 Å². The predicted octanol–water partition coefficient (Wildman–Crippen LogP) is 3.81. The molecule has 0 radical (unpaired) electrons. The molecular weight excluding hydrogens is 483 g/mol. The highest BCUT2D eigenvalue weighted by atomic mass is 19.1. The molecule has 0 unspecified atom stereocenters. The minimum absolute atomic E-state index is 0.0167. The zero-order chi connectivity index (χ0) is 26.7. The number of carbonyl (C=O) groups is 2. The molecule has 0 fully saturated rings. The van der Waals surface area contributed by atoms with E-state index < -0.39 is 23.1 Å². The predicted molar refractivity (Wildman–Crippen MR) is 133 cm³/mol. The normalized spacial score (nSPS) is 16.2. The van der Waals surface area contributed by atoms with Gasteiger partial charge in [0.05, 0.1) is 26.9 Å². The molecule has 0 spiro atoms.